The van der Waals surface area contributed by atoms with E-state index in [1.807, 2.05) is 0 Å². The molecule has 1 fully saturated rings. The smallest absolute Gasteiger partial charge is 0.196 e. The van der Waals surface area contributed by atoms with Gasteiger partial charge >= 0.3 is 0 Å². The molecule has 1 aliphatic carbocycles. The van der Waals surface area contributed by atoms with E-state index in [-0.39, 0.29) is 0 Å². The van der Waals surface area contributed by atoms with E-state index in [0.29, 0.717) is 25.0 Å². The molecule has 0 amide bonds. The molecule has 1 saturated carbocycles. The van der Waals surface area contributed by atoms with Gasteiger partial charge in [0.05, 0.1) is 12.7 Å². The van der Waals surface area contributed by atoms with Crippen molar-refractivity contribution in [2.45, 2.75) is 64.6 Å². The second-order valence-corrected chi connectivity index (χ2v) is 6.37. The summed E-state index contributed by atoms with van der Waals surface area (Å²) in [6.45, 7) is 2.85. The first-order chi connectivity index (χ1) is 11.2. The molecular formula is C20H26FNO. The van der Waals surface area contributed by atoms with Gasteiger partial charge in [0.25, 0.3) is 0 Å². The molecule has 0 spiro atoms. The summed E-state index contributed by atoms with van der Waals surface area (Å²) in [4.78, 5) is 0. The third-order valence-corrected chi connectivity index (χ3v) is 4.72. The van der Waals surface area contributed by atoms with Crippen molar-refractivity contribution in [1.29, 1.82) is 5.26 Å². The Morgan fingerprint density at radius 2 is 1.87 bits per heavy atom. The molecular weight excluding hydrogens is 289 g/mol. The summed E-state index contributed by atoms with van der Waals surface area (Å²) in [6, 6.07) is 10.2. The number of benzene rings is 1. The molecule has 1 aromatic rings. The first-order valence-electron chi connectivity index (χ1n) is 8.66. The van der Waals surface area contributed by atoms with Gasteiger partial charge in [0.2, 0.25) is 0 Å². The number of ether oxygens (including phenoxy) is 1. The molecule has 0 bridgehead atoms. The second kappa shape index (κ2) is 9.47. The number of aryl methyl sites for hydroxylation is 1. The van der Waals surface area contributed by atoms with E-state index in [0.717, 1.165) is 38.5 Å². The average molecular weight is 315 g/mol. The van der Waals surface area contributed by atoms with Gasteiger partial charge in [-0.1, -0.05) is 31.2 Å². The van der Waals surface area contributed by atoms with Crippen LogP contribution in [0.2, 0.25) is 0 Å². The summed E-state index contributed by atoms with van der Waals surface area (Å²) in [5.41, 5.74) is 2.59. The SMILES string of the molecule is CCc1ccc(COC2CCC(CC/C=C(\F)C#N)CC2)cc1. The monoisotopic (exact) mass is 315 g/mol. The molecule has 0 aromatic heterocycles. The van der Waals surface area contributed by atoms with Crippen LogP contribution < -0.4 is 0 Å². The fourth-order valence-corrected chi connectivity index (χ4v) is 3.16. The highest BCUT2D eigenvalue weighted by atomic mass is 19.1. The first-order valence-corrected chi connectivity index (χ1v) is 8.66. The van der Waals surface area contributed by atoms with Crippen molar-refractivity contribution in [2.24, 2.45) is 5.92 Å². The van der Waals surface area contributed by atoms with Crippen LogP contribution in [0.4, 0.5) is 4.39 Å². The van der Waals surface area contributed by atoms with E-state index in [1.165, 1.54) is 23.3 Å². The molecule has 2 nitrogen and oxygen atoms in total. The molecule has 0 saturated heterocycles. The summed E-state index contributed by atoms with van der Waals surface area (Å²) in [5.74, 6) is -0.0162. The van der Waals surface area contributed by atoms with Crippen molar-refractivity contribution in [3.8, 4) is 6.07 Å². The Balaban J connectivity index is 1.65. The Morgan fingerprint density at radius 3 is 2.48 bits per heavy atom. The molecule has 1 aromatic carbocycles. The van der Waals surface area contributed by atoms with Gasteiger partial charge in [0, 0.05) is 0 Å². The summed E-state index contributed by atoms with van der Waals surface area (Å²) in [6.07, 6.45) is 8.91. The molecule has 0 unspecified atom stereocenters. The third-order valence-electron chi connectivity index (χ3n) is 4.72. The zero-order valence-corrected chi connectivity index (χ0v) is 13.9. The Bertz CT molecular complexity index is 536. The van der Waals surface area contributed by atoms with Crippen molar-refractivity contribution >= 4 is 0 Å². The maximum Gasteiger partial charge on any atom is 0.196 e. The quantitative estimate of drug-likeness (QED) is 0.624. The van der Waals surface area contributed by atoms with Gasteiger partial charge in [-0.3, -0.25) is 0 Å². The van der Waals surface area contributed by atoms with E-state index in [1.54, 1.807) is 0 Å². The number of hydrogen-bond acceptors (Lipinski definition) is 2. The van der Waals surface area contributed by atoms with Crippen LogP contribution in [-0.2, 0) is 17.8 Å². The average Bonchev–Trinajstić information content (AvgIpc) is 2.61. The minimum Gasteiger partial charge on any atom is -0.374 e. The number of nitriles is 1. The molecule has 1 aliphatic rings. The van der Waals surface area contributed by atoms with E-state index >= 15 is 0 Å². The summed E-state index contributed by atoms with van der Waals surface area (Å²) in [5, 5.41) is 8.38. The Labute approximate surface area is 139 Å². The fourth-order valence-electron chi connectivity index (χ4n) is 3.16. The maximum absolute atomic E-state index is 12.7. The molecule has 0 N–H and O–H groups in total. The van der Waals surface area contributed by atoms with Crippen LogP contribution in [0.5, 0.6) is 0 Å². The molecule has 0 heterocycles. The Kier molecular flexibility index (Phi) is 7.29. The number of hydrogen-bond donors (Lipinski definition) is 0. The highest BCUT2D eigenvalue weighted by molar-refractivity contribution is 5.21. The highest BCUT2D eigenvalue weighted by Gasteiger charge is 2.21. The molecule has 3 heteroatoms. The third kappa shape index (κ3) is 6.15. The van der Waals surface area contributed by atoms with Crippen LogP contribution in [0.25, 0.3) is 0 Å². The van der Waals surface area contributed by atoms with Gasteiger partial charge < -0.3 is 4.74 Å². The highest BCUT2D eigenvalue weighted by Crippen LogP contribution is 2.30. The molecule has 124 valence electrons. The normalized spacial score (nSPS) is 21.9. The lowest BCUT2D eigenvalue weighted by Crippen LogP contribution is -2.21. The van der Waals surface area contributed by atoms with E-state index in [9.17, 15) is 4.39 Å². The summed E-state index contributed by atoms with van der Waals surface area (Å²) in [7, 11) is 0. The van der Waals surface area contributed by atoms with Crippen molar-refractivity contribution in [3.63, 3.8) is 0 Å². The van der Waals surface area contributed by atoms with Gasteiger partial charge in [-0.15, -0.1) is 0 Å². The van der Waals surface area contributed by atoms with Gasteiger partial charge in [0.15, 0.2) is 5.83 Å². The van der Waals surface area contributed by atoms with Crippen LogP contribution in [0.1, 0.15) is 56.6 Å². The van der Waals surface area contributed by atoms with Crippen LogP contribution in [0, 0.1) is 17.2 Å². The Hall–Kier alpha value is -1.66. The standard InChI is InChI=1S/C20H26FNO/c1-2-16-6-8-18(9-7-16)15-23-20-12-10-17(11-13-20)4-3-5-19(21)14-22/h5-9,17,20H,2-4,10-13,15H2,1H3/b19-5-. The largest absolute Gasteiger partial charge is 0.374 e. The lowest BCUT2D eigenvalue weighted by molar-refractivity contribution is 0.00645. The maximum atomic E-state index is 12.7. The second-order valence-electron chi connectivity index (χ2n) is 6.37. The van der Waals surface area contributed by atoms with Crippen LogP contribution in [-0.4, -0.2) is 6.10 Å². The van der Waals surface area contributed by atoms with Crippen molar-refractivity contribution in [3.05, 3.63) is 47.3 Å². The summed E-state index contributed by atoms with van der Waals surface area (Å²) >= 11 is 0. The zero-order valence-electron chi connectivity index (χ0n) is 13.9. The molecule has 0 aliphatic heterocycles. The van der Waals surface area contributed by atoms with Gasteiger partial charge in [-0.05, 0) is 68.1 Å². The predicted octanol–water partition coefficient (Wildman–Crippen LogP) is 5.48. The van der Waals surface area contributed by atoms with E-state index in [2.05, 4.69) is 31.2 Å². The first kappa shape index (κ1) is 17.7. The number of nitrogens with zero attached hydrogens (tertiary/aromatic N) is 1. The molecule has 0 atom stereocenters. The molecule has 2 rings (SSSR count). The van der Waals surface area contributed by atoms with Crippen LogP contribution in [0.15, 0.2) is 36.2 Å². The lowest BCUT2D eigenvalue weighted by atomic mass is 9.84. The van der Waals surface area contributed by atoms with Gasteiger partial charge in [0.1, 0.15) is 6.07 Å². The fraction of sp³-hybridized carbons (Fsp3) is 0.550. The summed E-state index contributed by atoms with van der Waals surface area (Å²) < 4.78 is 18.8. The Morgan fingerprint density at radius 1 is 1.22 bits per heavy atom. The molecule has 0 radical (unpaired) electrons. The number of rotatable bonds is 7. The number of halogens is 1. The number of allylic oxidation sites excluding steroid dienone is 2. The van der Waals surface area contributed by atoms with Crippen LogP contribution in [0.3, 0.4) is 0 Å². The zero-order chi connectivity index (χ0) is 16.5. The minimum atomic E-state index is -0.656. The van der Waals surface area contributed by atoms with E-state index < -0.39 is 5.83 Å². The van der Waals surface area contributed by atoms with Gasteiger partial charge in [-0.2, -0.15) is 9.65 Å². The predicted molar refractivity (Wildman–Crippen MR) is 90.4 cm³/mol. The molecule has 23 heavy (non-hydrogen) atoms. The lowest BCUT2D eigenvalue weighted by Gasteiger charge is -2.28. The topological polar surface area (TPSA) is 33.0 Å². The van der Waals surface area contributed by atoms with Gasteiger partial charge in [-0.25, -0.2) is 0 Å². The van der Waals surface area contributed by atoms with Crippen molar-refractivity contribution < 1.29 is 9.13 Å². The minimum absolute atomic E-state index is 0.350. The van der Waals surface area contributed by atoms with Crippen LogP contribution >= 0.6 is 0 Å². The van der Waals surface area contributed by atoms with Crippen molar-refractivity contribution in [1.82, 2.24) is 0 Å². The van der Waals surface area contributed by atoms with Crippen molar-refractivity contribution in [2.75, 3.05) is 0 Å². The van der Waals surface area contributed by atoms with E-state index in [4.69, 9.17) is 10.00 Å².